The van der Waals surface area contributed by atoms with Gasteiger partial charge in [-0.3, -0.25) is 9.78 Å². The number of hydrogen-bond acceptors (Lipinski definition) is 11. The zero-order valence-corrected chi connectivity index (χ0v) is 17.3. The summed E-state index contributed by atoms with van der Waals surface area (Å²) in [6, 6.07) is 0. The molecular weight excluding hydrogens is 485 g/mol. The molecule has 29 heavy (non-hydrogen) atoms. The van der Waals surface area contributed by atoms with Gasteiger partial charge in [-0.2, -0.15) is 4.31 Å². The van der Waals surface area contributed by atoms with Crippen LogP contribution in [-0.2, 0) is 38.8 Å². The van der Waals surface area contributed by atoms with Crippen molar-refractivity contribution in [2.45, 2.75) is 24.4 Å². The molecule has 1 aliphatic rings. The SMILES string of the molecule is O=c1[nH]cc([C@@H]2O[C@H](COP(O)(=S)OP(=O)(O)OP(=O)(O)O)[C@H](O)[C@@H]2O)c(=O)[nH]1. The highest BCUT2D eigenvalue weighted by molar-refractivity contribution is 8.08. The van der Waals surface area contributed by atoms with Crippen LogP contribution in [0.15, 0.2) is 15.8 Å². The number of rotatable bonds is 8. The molecule has 2 unspecified atom stereocenters. The Bertz CT molecular complexity index is 1000. The second-order valence-corrected chi connectivity index (χ2v) is 11.3. The number of phosphoric acid groups is 2. The van der Waals surface area contributed by atoms with Gasteiger partial charge in [-0.15, -0.1) is 0 Å². The lowest BCUT2D eigenvalue weighted by atomic mass is 10.0. The summed E-state index contributed by atoms with van der Waals surface area (Å²) in [5, 5.41) is 20.0. The first kappa shape index (κ1) is 24.7. The van der Waals surface area contributed by atoms with E-state index in [1.165, 1.54) is 0 Å². The lowest BCUT2D eigenvalue weighted by Gasteiger charge is -2.21. The van der Waals surface area contributed by atoms with Crippen LogP contribution in [0.25, 0.3) is 0 Å². The van der Waals surface area contributed by atoms with Gasteiger partial charge in [0.25, 0.3) is 5.56 Å². The predicted molar refractivity (Wildman–Crippen MR) is 93.8 cm³/mol. The number of ether oxygens (including phenoxy) is 1. The van der Waals surface area contributed by atoms with E-state index in [2.05, 4.69) is 29.9 Å². The van der Waals surface area contributed by atoms with Crippen molar-refractivity contribution in [3.63, 3.8) is 0 Å². The Morgan fingerprint density at radius 2 is 1.72 bits per heavy atom. The van der Waals surface area contributed by atoms with Crippen molar-refractivity contribution in [1.82, 2.24) is 9.97 Å². The minimum atomic E-state index is -5.52. The van der Waals surface area contributed by atoms with E-state index in [0.29, 0.717) is 0 Å². The lowest BCUT2D eigenvalue weighted by molar-refractivity contribution is -0.0196. The van der Waals surface area contributed by atoms with Gasteiger partial charge in [0.15, 0.2) is 0 Å². The Morgan fingerprint density at radius 3 is 2.28 bits per heavy atom. The summed E-state index contributed by atoms with van der Waals surface area (Å²) in [6.07, 6.45) is -5.26. The highest BCUT2D eigenvalue weighted by Gasteiger charge is 2.46. The average Bonchev–Trinajstić information content (AvgIpc) is 2.78. The highest BCUT2D eigenvalue weighted by atomic mass is 32.5. The third-order valence-electron chi connectivity index (χ3n) is 3.33. The summed E-state index contributed by atoms with van der Waals surface area (Å²) in [6.45, 7) is -5.48. The van der Waals surface area contributed by atoms with Crippen molar-refractivity contribution in [2.75, 3.05) is 6.61 Å². The molecule has 0 saturated carbocycles. The maximum atomic E-state index is 11.8. The van der Waals surface area contributed by atoms with Crippen molar-refractivity contribution >= 4 is 34.2 Å². The number of nitrogens with one attached hydrogen (secondary N) is 2. The average molecular weight is 500 g/mol. The van der Waals surface area contributed by atoms with Crippen LogP contribution in [0.5, 0.6) is 0 Å². The van der Waals surface area contributed by atoms with E-state index in [9.17, 15) is 33.8 Å². The van der Waals surface area contributed by atoms with Gasteiger partial charge in [-0.25, -0.2) is 18.2 Å². The van der Waals surface area contributed by atoms with Crippen molar-refractivity contribution in [3.8, 4) is 0 Å². The fourth-order valence-corrected chi connectivity index (χ4v) is 6.22. The minimum Gasteiger partial charge on any atom is -0.387 e. The predicted octanol–water partition coefficient (Wildman–Crippen LogP) is -2.32. The summed E-state index contributed by atoms with van der Waals surface area (Å²) in [4.78, 5) is 62.8. The van der Waals surface area contributed by atoms with E-state index in [1.807, 2.05) is 4.98 Å². The summed E-state index contributed by atoms with van der Waals surface area (Å²) >= 11 is 4.40. The molecule has 20 heteroatoms. The molecule has 0 amide bonds. The Kier molecular flexibility index (Phi) is 7.54. The number of aliphatic hydroxyl groups is 2. The molecule has 1 saturated heterocycles. The first-order chi connectivity index (χ1) is 13.1. The van der Waals surface area contributed by atoms with Crippen molar-refractivity contribution < 1.29 is 56.8 Å². The molecule has 0 bridgehead atoms. The van der Waals surface area contributed by atoms with Crippen LogP contribution >= 0.6 is 22.4 Å². The molecule has 2 heterocycles. The van der Waals surface area contributed by atoms with Crippen molar-refractivity contribution in [1.29, 1.82) is 0 Å². The molecule has 1 fully saturated rings. The van der Waals surface area contributed by atoms with Crippen LogP contribution in [0.1, 0.15) is 11.7 Å². The molecule has 6 atom stereocenters. The number of aliphatic hydroxyl groups excluding tert-OH is 2. The first-order valence-electron chi connectivity index (χ1n) is 7.22. The first-order valence-corrected chi connectivity index (χ1v) is 12.8. The quantitative estimate of drug-likeness (QED) is 0.174. The number of hydrogen-bond donors (Lipinski definition) is 8. The summed E-state index contributed by atoms with van der Waals surface area (Å²) in [5.41, 5.74) is -1.97. The normalized spacial score (nSPS) is 29.3. The van der Waals surface area contributed by atoms with E-state index in [-0.39, 0.29) is 5.56 Å². The monoisotopic (exact) mass is 500 g/mol. The zero-order valence-electron chi connectivity index (χ0n) is 13.8. The van der Waals surface area contributed by atoms with Gasteiger partial charge >= 0.3 is 28.1 Å². The highest BCUT2D eigenvalue weighted by Crippen LogP contribution is 2.66. The Hall–Kier alpha value is -0.610. The second-order valence-electron chi connectivity index (χ2n) is 5.49. The van der Waals surface area contributed by atoms with E-state index >= 15 is 0 Å². The summed E-state index contributed by atoms with van der Waals surface area (Å²) < 4.78 is 39.4. The molecule has 0 aliphatic carbocycles. The molecule has 16 nitrogen and oxygen atoms in total. The lowest BCUT2D eigenvalue weighted by Crippen LogP contribution is -2.34. The Balaban J connectivity index is 2.06. The Labute approximate surface area is 165 Å². The van der Waals surface area contributed by atoms with E-state index in [1.54, 1.807) is 0 Å². The van der Waals surface area contributed by atoms with Crippen LogP contribution in [0.4, 0.5) is 0 Å². The molecular formula is C9H15N2O14P3S. The third-order valence-corrected chi connectivity index (χ3v) is 8.05. The smallest absolute Gasteiger partial charge is 0.387 e. The Morgan fingerprint density at radius 1 is 1.10 bits per heavy atom. The van der Waals surface area contributed by atoms with Crippen LogP contribution < -0.4 is 11.2 Å². The van der Waals surface area contributed by atoms with Gasteiger partial charge in [-0.05, 0) is 11.8 Å². The zero-order chi connectivity index (χ0) is 22.2. The van der Waals surface area contributed by atoms with Crippen LogP contribution in [0.3, 0.4) is 0 Å². The number of H-pyrrole nitrogens is 2. The molecule has 0 spiro atoms. The van der Waals surface area contributed by atoms with Crippen LogP contribution in [0.2, 0.25) is 0 Å². The standard InChI is InChI=1S/C9H15N2O14P3S/c12-5-4(2-22-28(21,29)25-27(19,20)24-26(16,17)18)23-7(6(5)13)3-1-10-9(15)11-8(3)14/h1,4-7,12-13H,2H2,(H,19,20)(H,21,29)(H2,16,17,18)(H2,10,11,14,15)/t4-,5+,6+,7+,28?/m1/s1. The molecule has 0 aromatic carbocycles. The van der Waals surface area contributed by atoms with E-state index < -0.39 is 64.6 Å². The molecule has 2 rings (SSSR count). The number of aromatic amines is 2. The van der Waals surface area contributed by atoms with Crippen molar-refractivity contribution in [2.24, 2.45) is 0 Å². The van der Waals surface area contributed by atoms with Gasteiger partial charge in [0.2, 0.25) is 0 Å². The number of aromatic nitrogens is 2. The molecule has 1 aliphatic heterocycles. The largest absolute Gasteiger partial charge is 0.488 e. The fraction of sp³-hybridized carbons (Fsp3) is 0.556. The summed E-state index contributed by atoms with van der Waals surface area (Å²) in [5.74, 6) is 0. The van der Waals surface area contributed by atoms with Crippen LogP contribution in [-0.4, -0.2) is 64.7 Å². The summed E-state index contributed by atoms with van der Waals surface area (Å²) in [7, 11) is -11.0. The van der Waals surface area contributed by atoms with Crippen molar-refractivity contribution in [3.05, 3.63) is 32.6 Å². The molecule has 1 aromatic rings. The maximum absolute atomic E-state index is 11.8. The van der Waals surface area contributed by atoms with Gasteiger partial charge < -0.3 is 44.0 Å². The molecule has 1 aromatic heterocycles. The van der Waals surface area contributed by atoms with E-state index in [0.717, 1.165) is 6.20 Å². The minimum absolute atomic E-state index is 0.242. The molecule has 166 valence electrons. The van der Waals surface area contributed by atoms with Gasteiger partial charge in [-0.1, -0.05) is 0 Å². The van der Waals surface area contributed by atoms with Crippen LogP contribution in [0, 0.1) is 0 Å². The van der Waals surface area contributed by atoms with Gasteiger partial charge in [0.05, 0.1) is 12.2 Å². The third kappa shape index (κ3) is 6.95. The van der Waals surface area contributed by atoms with E-state index in [4.69, 9.17) is 19.4 Å². The molecule has 0 radical (unpaired) electrons. The molecule has 8 N–H and O–H groups in total. The fourth-order valence-electron chi connectivity index (χ4n) is 2.25. The topological polar surface area (TPSA) is 258 Å². The van der Waals surface area contributed by atoms with Gasteiger partial charge in [0, 0.05) is 6.20 Å². The second kappa shape index (κ2) is 8.86. The maximum Gasteiger partial charge on any atom is 0.488 e. The van der Waals surface area contributed by atoms with Gasteiger partial charge in [0.1, 0.15) is 24.4 Å².